The van der Waals surface area contributed by atoms with Crippen LogP contribution in [-0.2, 0) is 6.42 Å². The maximum Gasteiger partial charge on any atom is 0.193 e. The van der Waals surface area contributed by atoms with E-state index in [1.54, 1.807) is 0 Å². The van der Waals surface area contributed by atoms with Crippen molar-refractivity contribution in [2.24, 2.45) is 16.3 Å². The lowest BCUT2D eigenvalue weighted by Crippen LogP contribution is -2.43. The summed E-state index contributed by atoms with van der Waals surface area (Å²) in [6.07, 6.45) is 11.0. The molecule has 2 saturated heterocycles. The summed E-state index contributed by atoms with van der Waals surface area (Å²) in [5, 5.41) is 3.72. The van der Waals surface area contributed by atoms with Crippen molar-refractivity contribution in [1.82, 2.24) is 15.1 Å². The molecule has 4 rings (SSSR count). The highest BCUT2D eigenvalue weighted by Crippen LogP contribution is 2.43. The number of hydrogen-bond donors (Lipinski definition) is 1. The van der Waals surface area contributed by atoms with Gasteiger partial charge in [-0.2, -0.15) is 0 Å². The van der Waals surface area contributed by atoms with Crippen molar-refractivity contribution in [1.29, 1.82) is 0 Å². The van der Waals surface area contributed by atoms with E-state index in [4.69, 9.17) is 0 Å². The first kappa shape index (κ1) is 19.8. The summed E-state index contributed by atoms with van der Waals surface area (Å²) in [6, 6.07) is 10.9. The van der Waals surface area contributed by atoms with Gasteiger partial charge in [0.1, 0.15) is 0 Å². The molecule has 2 aliphatic heterocycles. The number of hydrogen-bond acceptors (Lipinski definition) is 2. The smallest absolute Gasteiger partial charge is 0.193 e. The number of likely N-dealkylation sites (tertiary alicyclic amines) is 2. The van der Waals surface area contributed by atoms with Gasteiger partial charge in [0.25, 0.3) is 0 Å². The largest absolute Gasteiger partial charge is 0.356 e. The third kappa shape index (κ3) is 4.89. The van der Waals surface area contributed by atoms with Gasteiger partial charge in [0, 0.05) is 39.8 Å². The maximum absolute atomic E-state index is 4.62. The predicted octanol–water partition coefficient (Wildman–Crippen LogP) is 3.78. The topological polar surface area (TPSA) is 30.9 Å². The Morgan fingerprint density at radius 2 is 1.93 bits per heavy atom. The molecule has 1 spiro atoms. The van der Waals surface area contributed by atoms with Crippen LogP contribution in [0.15, 0.2) is 35.3 Å². The minimum Gasteiger partial charge on any atom is -0.356 e. The standard InChI is InChI=1S/C24H38N4/c1-25-23(28-17-14-24(20-28)12-6-3-7-13-24)26-18-22-11-16-27(19-22)15-10-21-8-4-2-5-9-21/h2,4-5,8-9,22H,3,6-7,10-20H2,1H3,(H,25,26). The van der Waals surface area contributed by atoms with Gasteiger partial charge in [0.2, 0.25) is 0 Å². The first-order chi connectivity index (χ1) is 13.8. The summed E-state index contributed by atoms with van der Waals surface area (Å²) in [5.41, 5.74) is 2.05. The third-order valence-corrected chi connectivity index (χ3v) is 7.34. The minimum absolute atomic E-state index is 0.595. The summed E-state index contributed by atoms with van der Waals surface area (Å²) in [7, 11) is 1.95. The fourth-order valence-corrected chi connectivity index (χ4v) is 5.61. The SMILES string of the molecule is CN=C(NCC1CCN(CCc2ccccc2)C1)N1CCC2(CCCCC2)C1. The maximum atomic E-state index is 4.62. The highest BCUT2D eigenvalue weighted by Gasteiger charge is 2.39. The Morgan fingerprint density at radius 3 is 2.71 bits per heavy atom. The van der Waals surface area contributed by atoms with Crippen LogP contribution in [0.2, 0.25) is 0 Å². The van der Waals surface area contributed by atoms with Crippen molar-refractivity contribution >= 4 is 5.96 Å². The van der Waals surface area contributed by atoms with Gasteiger partial charge in [-0.1, -0.05) is 49.6 Å². The normalized spacial score (nSPS) is 25.5. The van der Waals surface area contributed by atoms with Gasteiger partial charge < -0.3 is 15.1 Å². The van der Waals surface area contributed by atoms with Gasteiger partial charge >= 0.3 is 0 Å². The molecule has 1 saturated carbocycles. The van der Waals surface area contributed by atoms with Crippen molar-refractivity contribution in [3.05, 3.63) is 35.9 Å². The Hall–Kier alpha value is -1.55. The molecule has 28 heavy (non-hydrogen) atoms. The second kappa shape index (κ2) is 9.30. The third-order valence-electron chi connectivity index (χ3n) is 7.34. The van der Waals surface area contributed by atoms with E-state index in [0.29, 0.717) is 5.41 Å². The van der Waals surface area contributed by atoms with Gasteiger partial charge in [0.05, 0.1) is 0 Å². The summed E-state index contributed by atoms with van der Waals surface area (Å²) in [6.45, 7) is 7.13. The quantitative estimate of drug-likeness (QED) is 0.621. The Labute approximate surface area is 171 Å². The molecule has 1 aliphatic carbocycles. The fourth-order valence-electron chi connectivity index (χ4n) is 5.61. The average Bonchev–Trinajstić information content (AvgIpc) is 3.36. The Balaban J connectivity index is 1.20. The van der Waals surface area contributed by atoms with E-state index < -0.39 is 0 Å². The van der Waals surface area contributed by atoms with Crippen molar-refractivity contribution in [2.75, 3.05) is 46.3 Å². The molecular weight excluding hydrogens is 344 g/mol. The highest BCUT2D eigenvalue weighted by atomic mass is 15.3. The molecule has 154 valence electrons. The first-order valence-electron chi connectivity index (χ1n) is 11.5. The molecule has 3 aliphatic rings. The zero-order chi connectivity index (χ0) is 19.2. The van der Waals surface area contributed by atoms with Crippen LogP contribution in [0.1, 0.15) is 50.5 Å². The Kier molecular flexibility index (Phi) is 6.56. The van der Waals surface area contributed by atoms with Gasteiger partial charge in [-0.25, -0.2) is 0 Å². The van der Waals surface area contributed by atoms with E-state index >= 15 is 0 Å². The van der Waals surface area contributed by atoms with E-state index in [-0.39, 0.29) is 0 Å². The molecule has 4 nitrogen and oxygen atoms in total. The second-order valence-electron chi connectivity index (χ2n) is 9.35. The van der Waals surface area contributed by atoms with E-state index in [1.807, 2.05) is 7.05 Å². The van der Waals surface area contributed by atoms with E-state index in [2.05, 4.69) is 50.4 Å². The summed E-state index contributed by atoms with van der Waals surface area (Å²) in [4.78, 5) is 9.79. The number of benzene rings is 1. The van der Waals surface area contributed by atoms with E-state index in [0.717, 1.165) is 18.4 Å². The monoisotopic (exact) mass is 382 g/mol. The van der Waals surface area contributed by atoms with Crippen LogP contribution in [0, 0.1) is 11.3 Å². The lowest BCUT2D eigenvalue weighted by atomic mass is 9.73. The number of nitrogens with one attached hydrogen (secondary N) is 1. The molecule has 1 aromatic carbocycles. The molecule has 1 atom stereocenters. The van der Waals surface area contributed by atoms with Gasteiger partial charge in [-0.05, 0) is 55.5 Å². The van der Waals surface area contributed by atoms with Crippen LogP contribution >= 0.6 is 0 Å². The number of rotatable bonds is 5. The second-order valence-corrected chi connectivity index (χ2v) is 9.35. The molecule has 0 amide bonds. The van der Waals surface area contributed by atoms with E-state index in [9.17, 15) is 0 Å². The zero-order valence-electron chi connectivity index (χ0n) is 17.7. The summed E-state index contributed by atoms with van der Waals surface area (Å²) in [5.74, 6) is 1.89. The molecular formula is C24H38N4. The lowest BCUT2D eigenvalue weighted by Gasteiger charge is -2.33. The van der Waals surface area contributed by atoms with E-state index in [1.165, 1.54) is 89.7 Å². The molecule has 1 aromatic rings. The predicted molar refractivity (Wildman–Crippen MR) is 118 cm³/mol. The van der Waals surface area contributed by atoms with Gasteiger partial charge in [-0.15, -0.1) is 0 Å². The van der Waals surface area contributed by atoms with Gasteiger partial charge in [-0.3, -0.25) is 4.99 Å². The molecule has 1 N–H and O–H groups in total. The van der Waals surface area contributed by atoms with Crippen LogP contribution < -0.4 is 5.32 Å². The van der Waals surface area contributed by atoms with Crippen LogP contribution in [0.4, 0.5) is 0 Å². The first-order valence-corrected chi connectivity index (χ1v) is 11.5. The van der Waals surface area contributed by atoms with Crippen LogP contribution in [0.3, 0.4) is 0 Å². The summed E-state index contributed by atoms with van der Waals surface area (Å²) >= 11 is 0. The molecule has 0 aromatic heterocycles. The fraction of sp³-hybridized carbons (Fsp3) is 0.708. The summed E-state index contributed by atoms with van der Waals surface area (Å²) < 4.78 is 0. The van der Waals surface area contributed by atoms with Crippen molar-refractivity contribution < 1.29 is 0 Å². The lowest BCUT2D eigenvalue weighted by molar-refractivity contribution is 0.203. The molecule has 3 fully saturated rings. The molecule has 1 unspecified atom stereocenters. The number of nitrogens with zero attached hydrogens (tertiary/aromatic N) is 3. The molecule has 0 bridgehead atoms. The van der Waals surface area contributed by atoms with Crippen LogP contribution in [0.5, 0.6) is 0 Å². The van der Waals surface area contributed by atoms with Crippen molar-refractivity contribution in [3.63, 3.8) is 0 Å². The van der Waals surface area contributed by atoms with Crippen LogP contribution in [-0.4, -0.2) is 62.1 Å². The molecule has 4 heteroatoms. The Morgan fingerprint density at radius 1 is 1.11 bits per heavy atom. The molecule has 0 radical (unpaired) electrons. The van der Waals surface area contributed by atoms with Crippen molar-refractivity contribution in [3.8, 4) is 0 Å². The van der Waals surface area contributed by atoms with Gasteiger partial charge in [0.15, 0.2) is 5.96 Å². The van der Waals surface area contributed by atoms with Crippen molar-refractivity contribution in [2.45, 2.75) is 51.4 Å². The zero-order valence-corrected chi connectivity index (χ0v) is 17.7. The molecule has 2 heterocycles. The Bertz CT molecular complexity index is 635. The number of guanidine groups is 1. The minimum atomic E-state index is 0.595. The average molecular weight is 383 g/mol. The highest BCUT2D eigenvalue weighted by molar-refractivity contribution is 5.80. The van der Waals surface area contributed by atoms with Crippen LogP contribution in [0.25, 0.3) is 0 Å². The number of aliphatic imine (C=N–C) groups is 1.